The number of anilines is 1. The molecule has 3 rings (SSSR count). The Morgan fingerprint density at radius 1 is 1.28 bits per heavy atom. The highest BCUT2D eigenvalue weighted by Gasteiger charge is 2.32. The molecule has 0 N–H and O–H groups in total. The SMILES string of the molecule is CCn1c(N2CC(C)CC(C)C2)c(/C=C2\SC(=S)N(C)C2=O)c(C)c(C#N)c1=O. The third-order valence-electron chi connectivity index (χ3n) is 5.59. The van der Waals surface area contributed by atoms with E-state index in [0.29, 0.717) is 33.2 Å². The van der Waals surface area contributed by atoms with E-state index in [1.54, 1.807) is 18.5 Å². The number of carbonyl (C=O) groups excluding carboxylic acids is 1. The minimum Gasteiger partial charge on any atom is -0.357 e. The van der Waals surface area contributed by atoms with Crippen molar-refractivity contribution in [3.63, 3.8) is 0 Å². The van der Waals surface area contributed by atoms with Crippen molar-refractivity contribution in [3.8, 4) is 6.07 Å². The monoisotopic (exact) mass is 430 g/mol. The van der Waals surface area contributed by atoms with Gasteiger partial charge in [0, 0.05) is 32.2 Å². The first-order valence-electron chi connectivity index (χ1n) is 9.83. The van der Waals surface area contributed by atoms with Crippen molar-refractivity contribution >= 4 is 46.1 Å². The molecule has 2 saturated heterocycles. The van der Waals surface area contributed by atoms with E-state index in [0.717, 1.165) is 30.9 Å². The van der Waals surface area contributed by atoms with Crippen molar-refractivity contribution in [2.45, 2.75) is 40.7 Å². The number of thioether (sulfide) groups is 1. The molecule has 29 heavy (non-hydrogen) atoms. The lowest BCUT2D eigenvalue weighted by molar-refractivity contribution is -0.121. The number of pyridine rings is 1. The molecule has 2 atom stereocenters. The zero-order chi connectivity index (χ0) is 21.5. The number of amides is 1. The lowest BCUT2D eigenvalue weighted by Crippen LogP contribution is -2.42. The Balaban J connectivity index is 2.29. The van der Waals surface area contributed by atoms with Gasteiger partial charge in [0.05, 0.1) is 4.91 Å². The fourth-order valence-electron chi connectivity index (χ4n) is 4.29. The van der Waals surface area contributed by atoms with Crippen LogP contribution in [-0.2, 0) is 11.3 Å². The van der Waals surface area contributed by atoms with Gasteiger partial charge in [0.2, 0.25) is 0 Å². The Hall–Kier alpha value is -2.11. The number of rotatable bonds is 3. The summed E-state index contributed by atoms with van der Waals surface area (Å²) >= 11 is 6.51. The maximum absolute atomic E-state index is 13.0. The third-order valence-corrected chi connectivity index (χ3v) is 7.08. The van der Waals surface area contributed by atoms with E-state index in [2.05, 4.69) is 24.8 Å². The van der Waals surface area contributed by atoms with E-state index in [9.17, 15) is 14.9 Å². The highest BCUT2D eigenvalue weighted by molar-refractivity contribution is 8.26. The van der Waals surface area contributed by atoms with Gasteiger partial charge < -0.3 is 4.90 Å². The molecule has 0 aromatic carbocycles. The normalized spacial score (nSPS) is 23.8. The van der Waals surface area contributed by atoms with Crippen LogP contribution in [-0.4, -0.2) is 39.8 Å². The van der Waals surface area contributed by atoms with Crippen molar-refractivity contribution < 1.29 is 4.79 Å². The molecule has 2 aliphatic rings. The Bertz CT molecular complexity index is 995. The summed E-state index contributed by atoms with van der Waals surface area (Å²) in [7, 11) is 1.66. The summed E-state index contributed by atoms with van der Waals surface area (Å²) in [5.74, 6) is 1.64. The topological polar surface area (TPSA) is 69.3 Å². The summed E-state index contributed by atoms with van der Waals surface area (Å²) < 4.78 is 2.18. The first-order chi connectivity index (χ1) is 13.7. The first kappa shape index (κ1) is 21.6. The zero-order valence-electron chi connectivity index (χ0n) is 17.5. The molecule has 0 saturated carbocycles. The number of carbonyl (C=O) groups is 1. The zero-order valence-corrected chi connectivity index (χ0v) is 19.1. The lowest BCUT2D eigenvalue weighted by atomic mass is 9.91. The van der Waals surface area contributed by atoms with Crippen LogP contribution in [0.25, 0.3) is 6.08 Å². The van der Waals surface area contributed by atoms with Gasteiger partial charge in [0.25, 0.3) is 11.5 Å². The largest absolute Gasteiger partial charge is 0.357 e. The molecule has 0 aliphatic carbocycles. The second-order valence-corrected chi connectivity index (χ2v) is 9.67. The van der Waals surface area contributed by atoms with Crippen LogP contribution in [0.15, 0.2) is 9.70 Å². The molecule has 1 aromatic rings. The minimum absolute atomic E-state index is 0.131. The minimum atomic E-state index is -0.270. The smallest absolute Gasteiger partial charge is 0.270 e. The summed E-state index contributed by atoms with van der Waals surface area (Å²) in [6.07, 6.45) is 2.95. The molecule has 0 bridgehead atoms. The van der Waals surface area contributed by atoms with Gasteiger partial charge in [0.15, 0.2) is 0 Å². The Labute approximate surface area is 181 Å². The van der Waals surface area contributed by atoms with Crippen molar-refractivity contribution in [3.05, 3.63) is 31.9 Å². The van der Waals surface area contributed by atoms with E-state index < -0.39 is 0 Å². The van der Waals surface area contributed by atoms with Gasteiger partial charge in [0.1, 0.15) is 21.8 Å². The van der Waals surface area contributed by atoms with Crippen LogP contribution in [0, 0.1) is 30.1 Å². The van der Waals surface area contributed by atoms with Crippen LogP contribution in [0.5, 0.6) is 0 Å². The summed E-state index contributed by atoms with van der Waals surface area (Å²) in [4.78, 5) is 29.8. The van der Waals surface area contributed by atoms with Crippen LogP contribution in [0.3, 0.4) is 0 Å². The van der Waals surface area contributed by atoms with E-state index >= 15 is 0 Å². The van der Waals surface area contributed by atoms with Gasteiger partial charge in [-0.3, -0.25) is 19.1 Å². The van der Waals surface area contributed by atoms with Crippen LogP contribution < -0.4 is 10.5 Å². The van der Waals surface area contributed by atoms with Gasteiger partial charge >= 0.3 is 0 Å². The lowest BCUT2D eigenvalue weighted by Gasteiger charge is -2.38. The van der Waals surface area contributed by atoms with Crippen molar-refractivity contribution in [1.29, 1.82) is 5.26 Å². The quantitative estimate of drug-likeness (QED) is 0.541. The Kier molecular flexibility index (Phi) is 6.20. The molecular weight excluding hydrogens is 404 g/mol. The van der Waals surface area contributed by atoms with Crippen LogP contribution in [0.2, 0.25) is 0 Å². The van der Waals surface area contributed by atoms with Crippen LogP contribution >= 0.6 is 24.0 Å². The molecule has 3 heterocycles. The van der Waals surface area contributed by atoms with Crippen LogP contribution in [0.1, 0.15) is 43.9 Å². The average molecular weight is 431 g/mol. The Morgan fingerprint density at radius 3 is 2.38 bits per heavy atom. The third kappa shape index (κ3) is 3.86. The van der Waals surface area contributed by atoms with Gasteiger partial charge in [-0.2, -0.15) is 5.26 Å². The molecule has 0 radical (unpaired) electrons. The van der Waals surface area contributed by atoms with Gasteiger partial charge in [-0.25, -0.2) is 0 Å². The van der Waals surface area contributed by atoms with E-state index in [4.69, 9.17) is 12.2 Å². The molecular formula is C21H26N4O2S2. The van der Waals surface area contributed by atoms with Gasteiger partial charge in [-0.05, 0) is 43.7 Å². The molecule has 1 amide bonds. The van der Waals surface area contributed by atoms with Crippen molar-refractivity contribution in [1.82, 2.24) is 9.47 Å². The number of piperidine rings is 1. The molecule has 154 valence electrons. The van der Waals surface area contributed by atoms with Crippen LogP contribution in [0.4, 0.5) is 5.82 Å². The second-order valence-electron chi connectivity index (χ2n) is 7.99. The van der Waals surface area contributed by atoms with Crippen molar-refractivity contribution in [2.75, 3.05) is 25.0 Å². The molecule has 0 spiro atoms. The predicted octanol–water partition coefficient (Wildman–Crippen LogP) is 3.36. The Morgan fingerprint density at radius 2 is 1.90 bits per heavy atom. The molecule has 1 aromatic heterocycles. The number of hydrogen-bond acceptors (Lipinski definition) is 6. The summed E-state index contributed by atoms with van der Waals surface area (Å²) in [6.45, 7) is 10.3. The molecule has 2 fully saturated rings. The number of aromatic nitrogens is 1. The summed E-state index contributed by atoms with van der Waals surface area (Å²) in [5.41, 5.74) is 1.24. The maximum Gasteiger partial charge on any atom is 0.270 e. The molecule has 2 aliphatic heterocycles. The fourth-order valence-corrected chi connectivity index (χ4v) is 5.45. The highest BCUT2D eigenvalue weighted by atomic mass is 32.2. The number of thiocarbonyl (C=S) groups is 1. The summed E-state index contributed by atoms with van der Waals surface area (Å²) in [6, 6.07) is 2.07. The number of nitrogens with zero attached hydrogens (tertiary/aromatic N) is 4. The molecule has 6 nitrogen and oxygen atoms in total. The highest BCUT2D eigenvalue weighted by Crippen LogP contribution is 2.36. The maximum atomic E-state index is 13.0. The number of hydrogen-bond donors (Lipinski definition) is 0. The van der Waals surface area contributed by atoms with Crippen molar-refractivity contribution in [2.24, 2.45) is 11.8 Å². The predicted molar refractivity (Wildman–Crippen MR) is 122 cm³/mol. The van der Waals surface area contributed by atoms with Gasteiger partial charge in [-0.1, -0.05) is 37.8 Å². The van der Waals surface area contributed by atoms with Gasteiger partial charge in [-0.15, -0.1) is 0 Å². The number of nitriles is 1. The summed E-state index contributed by atoms with van der Waals surface area (Å²) in [5, 5.41) is 9.63. The van der Waals surface area contributed by atoms with E-state index in [-0.39, 0.29) is 17.0 Å². The molecule has 8 heteroatoms. The van der Waals surface area contributed by atoms with E-state index in [1.807, 2.05) is 13.0 Å². The average Bonchev–Trinajstić information content (AvgIpc) is 2.90. The van der Waals surface area contributed by atoms with E-state index in [1.165, 1.54) is 16.7 Å². The second kappa shape index (κ2) is 8.33. The first-order valence-corrected chi connectivity index (χ1v) is 11.1. The molecule has 2 unspecified atom stereocenters. The standard InChI is InChI=1S/C21H26N4O2S2/c1-6-25-18(24-10-12(2)7-13(3)11-24)15(14(4)16(9-22)19(25)26)8-17-20(27)23(5)21(28)29-17/h8,12-13H,6-7,10-11H2,1-5H3/b17-8-. The fraction of sp³-hybridized carbons (Fsp3) is 0.524. The number of likely N-dealkylation sites (N-methyl/N-ethyl adjacent to an activating group) is 1.